The molecule has 29 heavy (non-hydrogen) atoms. The summed E-state index contributed by atoms with van der Waals surface area (Å²) in [6, 6.07) is 9.07. The number of aryl methyl sites for hydroxylation is 1. The number of aromatic nitrogens is 2. The predicted octanol–water partition coefficient (Wildman–Crippen LogP) is 4.41. The average Bonchev–Trinajstić information content (AvgIpc) is 3.08. The van der Waals surface area contributed by atoms with Crippen molar-refractivity contribution in [1.82, 2.24) is 15.1 Å². The van der Waals surface area contributed by atoms with Gasteiger partial charge in [-0.05, 0) is 61.4 Å². The second-order valence-corrected chi connectivity index (χ2v) is 8.88. The molecule has 0 aliphatic carbocycles. The minimum atomic E-state index is -0.421. The molecule has 1 aromatic carbocycles. The predicted molar refractivity (Wildman–Crippen MR) is 114 cm³/mol. The van der Waals surface area contributed by atoms with Crippen LogP contribution in [0.15, 0.2) is 30.3 Å². The Balaban J connectivity index is 2.25. The van der Waals surface area contributed by atoms with Crippen molar-refractivity contribution >= 4 is 11.9 Å². The van der Waals surface area contributed by atoms with Gasteiger partial charge in [0.1, 0.15) is 0 Å². The van der Waals surface area contributed by atoms with E-state index in [1.165, 1.54) is 0 Å². The highest BCUT2D eigenvalue weighted by atomic mass is 16.5. The maximum Gasteiger partial charge on any atom is 0.358 e. The van der Waals surface area contributed by atoms with E-state index in [4.69, 9.17) is 4.74 Å². The van der Waals surface area contributed by atoms with E-state index in [1.54, 1.807) is 29.8 Å². The molecule has 1 heterocycles. The number of rotatable bonds is 8. The maximum atomic E-state index is 12.4. The molecule has 0 atom stereocenters. The van der Waals surface area contributed by atoms with Crippen molar-refractivity contribution in [2.24, 2.45) is 11.3 Å². The summed E-state index contributed by atoms with van der Waals surface area (Å²) in [6.45, 7) is 13.3. The topological polar surface area (TPSA) is 73.2 Å². The number of carbonyl (C=O) groups is 2. The summed E-state index contributed by atoms with van der Waals surface area (Å²) in [7, 11) is 0. The van der Waals surface area contributed by atoms with Gasteiger partial charge in [0.15, 0.2) is 5.69 Å². The van der Waals surface area contributed by atoms with Gasteiger partial charge in [-0.15, -0.1) is 0 Å². The molecule has 1 aromatic heterocycles. The van der Waals surface area contributed by atoms with Crippen molar-refractivity contribution in [3.8, 4) is 5.69 Å². The Bertz CT molecular complexity index is 830. The maximum absolute atomic E-state index is 12.4. The third-order valence-electron chi connectivity index (χ3n) is 4.40. The number of hydrogen-bond acceptors (Lipinski definition) is 4. The molecule has 0 fully saturated rings. The number of esters is 1. The van der Waals surface area contributed by atoms with Crippen LogP contribution in [-0.2, 0) is 11.2 Å². The summed E-state index contributed by atoms with van der Waals surface area (Å²) in [5.74, 6) is 0.0210. The fraction of sp³-hybridized carbons (Fsp3) is 0.522. The van der Waals surface area contributed by atoms with E-state index in [9.17, 15) is 9.59 Å². The highest BCUT2D eigenvalue weighted by Crippen LogP contribution is 2.18. The van der Waals surface area contributed by atoms with Crippen molar-refractivity contribution in [1.29, 1.82) is 0 Å². The molecule has 0 aliphatic heterocycles. The van der Waals surface area contributed by atoms with E-state index < -0.39 is 5.97 Å². The van der Waals surface area contributed by atoms with Crippen LogP contribution >= 0.6 is 0 Å². The van der Waals surface area contributed by atoms with E-state index in [2.05, 4.69) is 45.0 Å². The highest BCUT2D eigenvalue weighted by molar-refractivity contribution is 5.94. The van der Waals surface area contributed by atoms with Crippen molar-refractivity contribution in [3.05, 3.63) is 47.3 Å². The lowest BCUT2D eigenvalue weighted by Crippen LogP contribution is -2.32. The summed E-state index contributed by atoms with van der Waals surface area (Å²) in [5.41, 5.74) is 2.69. The zero-order chi connectivity index (χ0) is 21.6. The van der Waals surface area contributed by atoms with E-state index >= 15 is 0 Å². The van der Waals surface area contributed by atoms with Crippen LogP contribution in [0.25, 0.3) is 5.69 Å². The number of amides is 1. The van der Waals surface area contributed by atoms with Crippen LogP contribution < -0.4 is 5.32 Å². The number of nitrogens with one attached hydrogen (secondary N) is 1. The van der Waals surface area contributed by atoms with E-state index in [1.807, 2.05) is 12.1 Å². The molecule has 1 amide bonds. The molecule has 0 bridgehead atoms. The van der Waals surface area contributed by atoms with Crippen molar-refractivity contribution in [2.75, 3.05) is 13.2 Å². The van der Waals surface area contributed by atoms with Gasteiger partial charge in [0, 0.05) is 17.8 Å². The molecular weight excluding hydrogens is 366 g/mol. The van der Waals surface area contributed by atoms with E-state index in [0.29, 0.717) is 30.3 Å². The number of carbonyl (C=O) groups excluding carboxylic acids is 2. The number of hydrogen-bond donors (Lipinski definition) is 1. The second kappa shape index (κ2) is 9.72. The van der Waals surface area contributed by atoms with Gasteiger partial charge in [-0.3, -0.25) is 4.79 Å². The van der Waals surface area contributed by atoms with Crippen LogP contribution in [0.5, 0.6) is 0 Å². The number of ether oxygens (including phenoxy) is 1. The standard InChI is InChI=1S/C23H33N3O3/c1-7-29-22(28)20-14-19(11-8-16(2)3)26(25-20)18-12-9-17(10-13-18)21(27)24-15-23(4,5)6/h9-10,12-14,16H,7-8,11,15H2,1-6H3,(H,24,27). The zero-order valence-corrected chi connectivity index (χ0v) is 18.4. The zero-order valence-electron chi connectivity index (χ0n) is 18.4. The quantitative estimate of drug-likeness (QED) is 0.667. The van der Waals surface area contributed by atoms with Crippen molar-refractivity contribution in [2.45, 2.75) is 54.4 Å². The monoisotopic (exact) mass is 399 g/mol. The molecule has 0 spiro atoms. The molecule has 6 nitrogen and oxygen atoms in total. The summed E-state index contributed by atoms with van der Waals surface area (Å²) < 4.78 is 6.86. The lowest BCUT2D eigenvalue weighted by Gasteiger charge is -2.18. The molecule has 158 valence electrons. The minimum Gasteiger partial charge on any atom is -0.461 e. The van der Waals surface area contributed by atoms with Gasteiger partial charge < -0.3 is 10.1 Å². The molecule has 0 unspecified atom stereocenters. The van der Waals surface area contributed by atoms with Crippen LogP contribution in [0.1, 0.15) is 74.5 Å². The Labute approximate surface area is 173 Å². The summed E-state index contributed by atoms with van der Waals surface area (Å²) >= 11 is 0. The molecule has 0 saturated carbocycles. The molecule has 6 heteroatoms. The Morgan fingerprint density at radius 2 is 1.83 bits per heavy atom. The van der Waals surface area contributed by atoms with E-state index in [-0.39, 0.29) is 11.3 Å². The Hall–Kier alpha value is -2.63. The largest absolute Gasteiger partial charge is 0.461 e. The van der Waals surface area contributed by atoms with Crippen LogP contribution in [0.4, 0.5) is 0 Å². The molecule has 0 aliphatic rings. The fourth-order valence-corrected chi connectivity index (χ4v) is 2.76. The molecular formula is C23H33N3O3. The van der Waals surface area contributed by atoms with Crippen LogP contribution in [0.2, 0.25) is 0 Å². The van der Waals surface area contributed by atoms with E-state index in [0.717, 1.165) is 24.2 Å². The second-order valence-electron chi connectivity index (χ2n) is 8.88. The summed E-state index contributed by atoms with van der Waals surface area (Å²) in [4.78, 5) is 24.5. The first-order valence-electron chi connectivity index (χ1n) is 10.3. The molecule has 1 N–H and O–H groups in total. The smallest absolute Gasteiger partial charge is 0.358 e. The number of nitrogens with zero attached hydrogens (tertiary/aromatic N) is 2. The SMILES string of the molecule is CCOC(=O)c1cc(CCC(C)C)n(-c2ccc(C(=O)NCC(C)(C)C)cc2)n1. The Morgan fingerprint density at radius 3 is 2.38 bits per heavy atom. The first-order valence-corrected chi connectivity index (χ1v) is 10.3. The molecule has 2 aromatic rings. The lowest BCUT2D eigenvalue weighted by atomic mass is 9.97. The third kappa shape index (κ3) is 6.73. The third-order valence-corrected chi connectivity index (χ3v) is 4.40. The van der Waals surface area contributed by atoms with Gasteiger partial charge in [-0.25, -0.2) is 9.48 Å². The fourth-order valence-electron chi connectivity index (χ4n) is 2.76. The average molecular weight is 400 g/mol. The first-order chi connectivity index (χ1) is 13.6. The molecule has 0 radical (unpaired) electrons. The van der Waals surface area contributed by atoms with Gasteiger partial charge in [0.2, 0.25) is 0 Å². The summed E-state index contributed by atoms with van der Waals surface area (Å²) in [6.07, 6.45) is 1.79. The highest BCUT2D eigenvalue weighted by Gasteiger charge is 2.17. The Kier molecular flexibility index (Phi) is 7.59. The van der Waals surface area contributed by atoms with Gasteiger partial charge >= 0.3 is 5.97 Å². The van der Waals surface area contributed by atoms with Crippen LogP contribution in [-0.4, -0.2) is 34.8 Å². The minimum absolute atomic E-state index is 0.0273. The normalized spacial score (nSPS) is 11.6. The van der Waals surface area contributed by atoms with Gasteiger partial charge in [-0.1, -0.05) is 34.6 Å². The number of benzene rings is 1. The summed E-state index contributed by atoms with van der Waals surface area (Å²) in [5, 5.41) is 7.41. The van der Waals surface area contributed by atoms with Crippen LogP contribution in [0.3, 0.4) is 0 Å². The van der Waals surface area contributed by atoms with Crippen molar-refractivity contribution in [3.63, 3.8) is 0 Å². The Morgan fingerprint density at radius 1 is 1.17 bits per heavy atom. The van der Waals surface area contributed by atoms with Crippen LogP contribution in [0, 0.1) is 11.3 Å². The van der Waals surface area contributed by atoms with Gasteiger partial charge in [0.25, 0.3) is 5.91 Å². The van der Waals surface area contributed by atoms with Crippen molar-refractivity contribution < 1.29 is 14.3 Å². The molecule has 2 rings (SSSR count). The van der Waals surface area contributed by atoms with Gasteiger partial charge in [-0.2, -0.15) is 5.10 Å². The molecule has 0 saturated heterocycles. The van der Waals surface area contributed by atoms with Gasteiger partial charge in [0.05, 0.1) is 12.3 Å². The first kappa shape index (κ1) is 22.7. The lowest BCUT2D eigenvalue weighted by molar-refractivity contribution is 0.0518.